The summed E-state index contributed by atoms with van der Waals surface area (Å²) in [4.78, 5) is 34.9. The molecule has 0 spiro atoms. The lowest BCUT2D eigenvalue weighted by Crippen LogP contribution is -2.32. The maximum atomic E-state index is 11.8. The molecule has 0 bridgehead atoms. The summed E-state index contributed by atoms with van der Waals surface area (Å²) in [5.74, 6) is -2.42. The molecule has 7 nitrogen and oxygen atoms in total. The van der Waals surface area contributed by atoms with E-state index in [0.29, 0.717) is 26.9 Å². The largest absolute Gasteiger partial charge is 0.465 e. The molecule has 2 amide bonds. The van der Waals surface area contributed by atoms with Gasteiger partial charge in [-0.2, -0.15) is 5.10 Å². The van der Waals surface area contributed by atoms with E-state index in [-0.39, 0.29) is 0 Å². The number of hydrogen-bond donors (Lipinski definition) is 2. The second-order valence-corrected chi connectivity index (χ2v) is 5.67. The smallest absolute Gasteiger partial charge is 0.337 e. The Bertz CT molecular complexity index is 847. The summed E-state index contributed by atoms with van der Waals surface area (Å²) < 4.78 is 4.57. The Morgan fingerprint density at radius 1 is 1.00 bits per heavy atom. The molecule has 134 valence electrons. The maximum Gasteiger partial charge on any atom is 0.337 e. The van der Waals surface area contributed by atoms with E-state index in [1.165, 1.54) is 37.6 Å². The summed E-state index contributed by atoms with van der Waals surface area (Å²) >= 11 is 11.9. The summed E-state index contributed by atoms with van der Waals surface area (Å²) in [7, 11) is 1.26. The number of anilines is 1. The second-order valence-electron chi connectivity index (χ2n) is 4.86. The van der Waals surface area contributed by atoms with Gasteiger partial charge < -0.3 is 10.1 Å². The van der Waals surface area contributed by atoms with E-state index in [1.54, 1.807) is 18.2 Å². The molecule has 9 heteroatoms. The van der Waals surface area contributed by atoms with Crippen molar-refractivity contribution in [2.45, 2.75) is 0 Å². The van der Waals surface area contributed by atoms with Gasteiger partial charge in [-0.1, -0.05) is 29.3 Å². The summed E-state index contributed by atoms with van der Waals surface area (Å²) in [5, 5.41) is 6.73. The highest BCUT2D eigenvalue weighted by molar-refractivity contribution is 6.40. The lowest BCUT2D eigenvalue weighted by molar-refractivity contribution is -0.136. The number of hydrazone groups is 1. The van der Waals surface area contributed by atoms with Crippen molar-refractivity contribution in [3.05, 3.63) is 63.6 Å². The average molecular weight is 394 g/mol. The number of rotatable bonds is 4. The van der Waals surface area contributed by atoms with Crippen LogP contribution in [0.2, 0.25) is 10.0 Å². The van der Waals surface area contributed by atoms with Gasteiger partial charge in [-0.05, 0) is 36.4 Å². The molecule has 0 fully saturated rings. The zero-order valence-electron chi connectivity index (χ0n) is 13.5. The second kappa shape index (κ2) is 8.98. The standard InChI is InChI=1S/C17H13Cl2N3O4/c1-26-17(25)10-5-7-11(8-6-10)21-15(23)16(24)22-20-9-12-13(18)3-2-4-14(12)19/h2-9H,1H3,(H,21,23)(H,22,24)/b20-9+. The number of carbonyl (C=O) groups excluding carboxylic acids is 3. The fourth-order valence-electron chi connectivity index (χ4n) is 1.84. The summed E-state index contributed by atoms with van der Waals surface area (Å²) in [5.41, 5.74) is 3.13. The Kier molecular flexibility index (Phi) is 6.71. The van der Waals surface area contributed by atoms with Crippen molar-refractivity contribution in [3.8, 4) is 0 Å². The Balaban J connectivity index is 1.94. The van der Waals surface area contributed by atoms with Crippen LogP contribution in [0.5, 0.6) is 0 Å². The number of carbonyl (C=O) groups is 3. The first-order valence-corrected chi connectivity index (χ1v) is 7.94. The van der Waals surface area contributed by atoms with Crippen LogP contribution in [0.1, 0.15) is 15.9 Å². The van der Waals surface area contributed by atoms with Crippen LogP contribution in [0, 0.1) is 0 Å². The fourth-order valence-corrected chi connectivity index (χ4v) is 2.33. The van der Waals surface area contributed by atoms with Gasteiger partial charge in [0.05, 0.1) is 28.9 Å². The average Bonchev–Trinajstić information content (AvgIpc) is 2.64. The lowest BCUT2D eigenvalue weighted by Gasteiger charge is -2.05. The van der Waals surface area contributed by atoms with Crippen molar-refractivity contribution in [1.82, 2.24) is 5.43 Å². The zero-order valence-corrected chi connectivity index (χ0v) is 15.0. The van der Waals surface area contributed by atoms with Crippen LogP contribution in [-0.4, -0.2) is 31.1 Å². The minimum absolute atomic E-state index is 0.316. The number of nitrogens with zero attached hydrogens (tertiary/aromatic N) is 1. The number of hydrogen-bond acceptors (Lipinski definition) is 5. The number of benzene rings is 2. The van der Waals surface area contributed by atoms with Crippen LogP contribution in [0.25, 0.3) is 0 Å². The molecule has 2 aromatic rings. The zero-order chi connectivity index (χ0) is 19.1. The molecule has 0 aliphatic heterocycles. The minimum Gasteiger partial charge on any atom is -0.465 e. The summed E-state index contributed by atoms with van der Waals surface area (Å²) in [6, 6.07) is 10.7. The van der Waals surface area contributed by atoms with Gasteiger partial charge in [-0.15, -0.1) is 0 Å². The summed E-state index contributed by atoms with van der Waals surface area (Å²) in [6.45, 7) is 0. The van der Waals surface area contributed by atoms with Gasteiger partial charge in [-0.25, -0.2) is 10.2 Å². The molecule has 0 unspecified atom stereocenters. The predicted octanol–water partition coefficient (Wildman–Crippen LogP) is 2.87. The predicted molar refractivity (Wildman–Crippen MR) is 98.6 cm³/mol. The van der Waals surface area contributed by atoms with Crippen LogP contribution >= 0.6 is 23.2 Å². The van der Waals surface area contributed by atoms with E-state index in [2.05, 4.69) is 20.6 Å². The van der Waals surface area contributed by atoms with E-state index >= 15 is 0 Å². The Morgan fingerprint density at radius 2 is 1.62 bits per heavy atom. The molecule has 26 heavy (non-hydrogen) atoms. The number of amides is 2. The van der Waals surface area contributed by atoms with Crippen molar-refractivity contribution >= 4 is 52.9 Å². The number of ether oxygens (including phenoxy) is 1. The molecule has 0 atom stereocenters. The number of esters is 1. The van der Waals surface area contributed by atoms with Crippen LogP contribution in [0.4, 0.5) is 5.69 Å². The highest BCUT2D eigenvalue weighted by atomic mass is 35.5. The van der Waals surface area contributed by atoms with E-state index in [4.69, 9.17) is 23.2 Å². The number of halogens is 2. The van der Waals surface area contributed by atoms with Gasteiger partial charge >= 0.3 is 17.8 Å². The van der Waals surface area contributed by atoms with Crippen molar-refractivity contribution in [1.29, 1.82) is 0 Å². The number of nitrogens with one attached hydrogen (secondary N) is 2. The maximum absolute atomic E-state index is 11.8. The van der Waals surface area contributed by atoms with E-state index in [9.17, 15) is 14.4 Å². The topological polar surface area (TPSA) is 96.9 Å². The van der Waals surface area contributed by atoms with Gasteiger partial charge in [0.15, 0.2) is 0 Å². The molecule has 0 aliphatic rings. The Morgan fingerprint density at radius 3 is 2.19 bits per heavy atom. The monoisotopic (exact) mass is 393 g/mol. The molecule has 0 aliphatic carbocycles. The van der Waals surface area contributed by atoms with E-state index in [0.717, 1.165) is 0 Å². The quantitative estimate of drug-likeness (QED) is 0.361. The third-order valence-electron chi connectivity index (χ3n) is 3.13. The molecular formula is C17H13Cl2N3O4. The molecule has 2 aromatic carbocycles. The normalized spacial score (nSPS) is 10.4. The van der Waals surface area contributed by atoms with Crippen molar-refractivity contribution in [2.75, 3.05) is 12.4 Å². The Labute approximate surface area is 158 Å². The molecule has 2 N–H and O–H groups in total. The molecule has 0 saturated heterocycles. The molecule has 0 heterocycles. The van der Waals surface area contributed by atoms with Gasteiger partial charge in [0.2, 0.25) is 0 Å². The first-order valence-electron chi connectivity index (χ1n) is 7.19. The van der Waals surface area contributed by atoms with Gasteiger partial charge in [-0.3, -0.25) is 9.59 Å². The highest BCUT2D eigenvalue weighted by Gasteiger charge is 2.13. The van der Waals surface area contributed by atoms with Crippen molar-refractivity contribution in [3.63, 3.8) is 0 Å². The molecule has 0 saturated carbocycles. The first-order chi connectivity index (χ1) is 12.4. The van der Waals surface area contributed by atoms with Crippen LogP contribution in [0.3, 0.4) is 0 Å². The molecule has 0 aromatic heterocycles. The molecular weight excluding hydrogens is 381 g/mol. The van der Waals surface area contributed by atoms with Gasteiger partial charge in [0, 0.05) is 11.3 Å². The summed E-state index contributed by atoms with van der Waals surface area (Å²) in [6.07, 6.45) is 1.24. The van der Waals surface area contributed by atoms with E-state index < -0.39 is 17.8 Å². The first kappa shape index (κ1) is 19.4. The van der Waals surface area contributed by atoms with E-state index in [1.807, 2.05) is 0 Å². The Hall–Kier alpha value is -2.90. The fraction of sp³-hybridized carbons (Fsp3) is 0.0588. The van der Waals surface area contributed by atoms with Crippen LogP contribution < -0.4 is 10.7 Å². The third-order valence-corrected chi connectivity index (χ3v) is 3.79. The lowest BCUT2D eigenvalue weighted by atomic mass is 10.2. The van der Waals surface area contributed by atoms with Gasteiger partial charge in [0.1, 0.15) is 0 Å². The molecule has 2 rings (SSSR count). The van der Waals surface area contributed by atoms with Crippen LogP contribution in [-0.2, 0) is 14.3 Å². The molecule has 0 radical (unpaired) electrons. The minimum atomic E-state index is -0.985. The van der Waals surface area contributed by atoms with Crippen molar-refractivity contribution < 1.29 is 19.1 Å². The van der Waals surface area contributed by atoms with Crippen LogP contribution in [0.15, 0.2) is 47.6 Å². The van der Waals surface area contributed by atoms with Gasteiger partial charge in [0.25, 0.3) is 0 Å². The van der Waals surface area contributed by atoms with Crippen molar-refractivity contribution in [2.24, 2.45) is 5.10 Å². The number of methoxy groups -OCH3 is 1. The SMILES string of the molecule is COC(=O)c1ccc(NC(=O)C(=O)N/N=C/c2c(Cl)cccc2Cl)cc1. The highest BCUT2D eigenvalue weighted by Crippen LogP contribution is 2.21. The third kappa shape index (κ3) is 5.05.